The Labute approximate surface area is 134 Å². The van der Waals surface area contributed by atoms with Crippen molar-refractivity contribution in [1.82, 2.24) is 9.78 Å². The SMILES string of the molecule is Cc1cnn(-c2ccc(C(N)=O)cc2N[C@@H]2CCCSC2)c1. The number of amides is 1. The molecule has 1 fully saturated rings. The summed E-state index contributed by atoms with van der Waals surface area (Å²) in [5.74, 6) is 1.90. The molecule has 3 N–H and O–H groups in total. The third kappa shape index (κ3) is 3.27. The van der Waals surface area contributed by atoms with E-state index in [0.29, 0.717) is 11.6 Å². The number of nitrogens with one attached hydrogen (secondary N) is 1. The molecule has 0 bridgehead atoms. The van der Waals surface area contributed by atoms with Crippen LogP contribution in [0.2, 0.25) is 0 Å². The molecule has 1 aromatic heterocycles. The largest absolute Gasteiger partial charge is 0.380 e. The molecule has 5 nitrogen and oxygen atoms in total. The summed E-state index contributed by atoms with van der Waals surface area (Å²) in [5.41, 5.74) is 8.87. The maximum atomic E-state index is 11.5. The lowest BCUT2D eigenvalue weighted by molar-refractivity contribution is 0.100. The molecule has 0 unspecified atom stereocenters. The standard InChI is InChI=1S/C16H20N4OS/c1-11-8-18-20(9-11)15-5-4-12(16(17)21)7-14(15)19-13-3-2-6-22-10-13/h4-5,7-9,13,19H,2-3,6,10H2,1H3,(H2,17,21)/t13-/m1/s1. The number of hydrogen-bond acceptors (Lipinski definition) is 4. The molecule has 0 saturated carbocycles. The van der Waals surface area contributed by atoms with Crippen molar-refractivity contribution in [3.05, 3.63) is 41.7 Å². The second-order valence-corrected chi connectivity index (χ2v) is 6.77. The van der Waals surface area contributed by atoms with Crippen LogP contribution in [0.1, 0.15) is 28.8 Å². The number of anilines is 1. The van der Waals surface area contributed by atoms with Crippen LogP contribution in [0.15, 0.2) is 30.6 Å². The molecule has 6 heteroatoms. The Morgan fingerprint density at radius 1 is 1.50 bits per heavy atom. The normalized spacial score (nSPS) is 18.1. The van der Waals surface area contributed by atoms with Crippen molar-refractivity contribution in [2.45, 2.75) is 25.8 Å². The molecule has 1 aliphatic rings. The van der Waals surface area contributed by atoms with E-state index in [0.717, 1.165) is 29.1 Å². The van der Waals surface area contributed by atoms with Gasteiger partial charge in [-0.25, -0.2) is 4.68 Å². The highest BCUT2D eigenvalue weighted by Crippen LogP contribution is 2.26. The fraction of sp³-hybridized carbons (Fsp3) is 0.375. The van der Waals surface area contributed by atoms with Crippen molar-refractivity contribution in [3.8, 4) is 5.69 Å². The van der Waals surface area contributed by atoms with Gasteiger partial charge in [-0.3, -0.25) is 4.79 Å². The van der Waals surface area contributed by atoms with E-state index in [-0.39, 0.29) is 0 Å². The van der Waals surface area contributed by atoms with Gasteiger partial charge in [-0.2, -0.15) is 16.9 Å². The molecular formula is C16H20N4OS. The van der Waals surface area contributed by atoms with E-state index in [4.69, 9.17) is 5.73 Å². The molecule has 0 radical (unpaired) electrons. The summed E-state index contributed by atoms with van der Waals surface area (Å²) < 4.78 is 1.83. The predicted molar refractivity (Wildman–Crippen MR) is 90.8 cm³/mol. The summed E-state index contributed by atoms with van der Waals surface area (Å²) in [6.07, 6.45) is 6.15. The van der Waals surface area contributed by atoms with E-state index in [1.54, 1.807) is 6.07 Å². The van der Waals surface area contributed by atoms with Crippen LogP contribution in [0.5, 0.6) is 0 Å². The molecular weight excluding hydrogens is 296 g/mol. The molecule has 2 heterocycles. The zero-order chi connectivity index (χ0) is 15.5. The van der Waals surface area contributed by atoms with Crippen LogP contribution in [-0.4, -0.2) is 33.2 Å². The van der Waals surface area contributed by atoms with Crippen molar-refractivity contribution in [3.63, 3.8) is 0 Å². The number of nitrogens with two attached hydrogens (primary N) is 1. The van der Waals surface area contributed by atoms with Gasteiger partial charge in [0, 0.05) is 23.6 Å². The van der Waals surface area contributed by atoms with E-state index in [2.05, 4.69) is 10.4 Å². The van der Waals surface area contributed by atoms with Crippen LogP contribution in [-0.2, 0) is 0 Å². The van der Waals surface area contributed by atoms with Crippen LogP contribution in [0.25, 0.3) is 5.69 Å². The number of carbonyl (C=O) groups excluding carboxylic acids is 1. The van der Waals surface area contributed by atoms with Gasteiger partial charge in [-0.1, -0.05) is 0 Å². The summed E-state index contributed by atoms with van der Waals surface area (Å²) >= 11 is 1.96. The number of benzene rings is 1. The van der Waals surface area contributed by atoms with Gasteiger partial charge in [-0.05, 0) is 49.3 Å². The first-order valence-corrected chi connectivity index (χ1v) is 8.59. The monoisotopic (exact) mass is 316 g/mol. The number of hydrogen-bond donors (Lipinski definition) is 2. The number of rotatable bonds is 4. The van der Waals surface area contributed by atoms with Crippen LogP contribution in [0.3, 0.4) is 0 Å². The lowest BCUT2D eigenvalue weighted by Crippen LogP contribution is -2.26. The van der Waals surface area contributed by atoms with E-state index in [1.165, 1.54) is 12.2 Å². The maximum absolute atomic E-state index is 11.5. The Morgan fingerprint density at radius 2 is 2.36 bits per heavy atom. The van der Waals surface area contributed by atoms with Crippen molar-refractivity contribution < 1.29 is 4.79 Å². The molecule has 3 rings (SSSR count). The average molecular weight is 316 g/mol. The number of nitrogens with zero attached hydrogens (tertiary/aromatic N) is 2. The highest BCUT2D eigenvalue weighted by molar-refractivity contribution is 7.99. The Morgan fingerprint density at radius 3 is 3.00 bits per heavy atom. The summed E-state index contributed by atoms with van der Waals surface area (Å²) in [5, 5.41) is 7.93. The first-order chi connectivity index (χ1) is 10.6. The van der Waals surface area contributed by atoms with Gasteiger partial charge in [0.15, 0.2) is 0 Å². The molecule has 2 aromatic rings. The van der Waals surface area contributed by atoms with E-state index in [1.807, 2.05) is 47.9 Å². The van der Waals surface area contributed by atoms with Crippen LogP contribution in [0, 0.1) is 6.92 Å². The van der Waals surface area contributed by atoms with Gasteiger partial charge < -0.3 is 11.1 Å². The molecule has 1 atom stereocenters. The minimum Gasteiger partial charge on any atom is -0.380 e. The summed E-state index contributed by atoms with van der Waals surface area (Å²) in [6.45, 7) is 2.01. The van der Waals surface area contributed by atoms with Gasteiger partial charge in [0.25, 0.3) is 0 Å². The predicted octanol–water partition coefficient (Wildman–Crippen LogP) is 2.59. The number of carbonyl (C=O) groups is 1. The lowest BCUT2D eigenvalue weighted by Gasteiger charge is -2.25. The maximum Gasteiger partial charge on any atom is 0.248 e. The third-order valence-corrected chi connectivity index (χ3v) is 4.97. The number of thioether (sulfide) groups is 1. The zero-order valence-corrected chi connectivity index (χ0v) is 13.4. The Kier molecular flexibility index (Phi) is 4.38. The van der Waals surface area contributed by atoms with E-state index >= 15 is 0 Å². The molecule has 1 saturated heterocycles. The molecule has 1 aliphatic heterocycles. The minimum absolute atomic E-state index is 0.413. The second kappa shape index (κ2) is 6.44. The molecule has 116 valence electrons. The molecule has 1 amide bonds. The molecule has 0 aliphatic carbocycles. The average Bonchev–Trinajstić information content (AvgIpc) is 2.94. The van der Waals surface area contributed by atoms with Crippen molar-refractivity contribution >= 4 is 23.4 Å². The smallest absolute Gasteiger partial charge is 0.248 e. The first kappa shape index (κ1) is 15.0. The Hall–Kier alpha value is -1.95. The number of aryl methyl sites for hydroxylation is 1. The quantitative estimate of drug-likeness (QED) is 0.909. The zero-order valence-electron chi connectivity index (χ0n) is 12.6. The molecule has 22 heavy (non-hydrogen) atoms. The van der Waals surface area contributed by atoms with Gasteiger partial charge in [0.2, 0.25) is 5.91 Å². The first-order valence-electron chi connectivity index (χ1n) is 7.43. The summed E-state index contributed by atoms with van der Waals surface area (Å²) in [7, 11) is 0. The van der Waals surface area contributed by atoms with Gasteiger partial charge in [0.05, 0.1) is 17.6 Å². The van der Waals surface area contributed by atoms with Gasteiger partial charge in [-0.15, -0.1) is 0 Å². The van der Waals surface area contributed by atoms with Crippen LogP contribution < -0.4 is 11.1 Å². The fourth-order valence-electron chi connectivity index (χ4n) is 2.62. The highest BCUT2D eigenvalue weighted by atomic mass is 32.2. The van der Waals surface area contributed by atoms with Gasteiger partial charge in [0.1, 0.15) is 0 Å². The second-order valence-electron chi connectivity index (χ2n) is 5.62. The molecule has 1 aromatic carbocycles. The summed E-state index contributed by atoms with van der Waals surface area (Å²) in [6, 6.07) is 5.88. The van der Waals surface area contributed by atoms with E-state index in [9.17, 15) is 4.79 Å². The lowest BCUT2D eigenvalue weighted by atomic mass is 10.1. The van der Waals surface area contributed by atoms with Crippen molar-refractivity contribution in [2.75, 3.05) is 16.8 Å². The number of primary amides is 1. The van der Waals surface area contributed by atoms with Crippen LogP contribution in [0.4, 0.5) is 5.69 Å². The Bertz CT molecular complexity index is 677. The molecule has 0 spiro atoms. The summed E-state index contributed by atoms with van der Waals surface area (Å²) in [4.78, 5) is 11.5. The van der Waals surface area contributed by atoms with Crippen molar-refractivity contribution in [2.24, 2.45) is 5.73 Å². The highest BCUT2D eigenvalue weighted by Gasteiger charge is 2.17. The third-order valence-electron chi connectivity index (χ3n) is 3.76. The van der Waals surface area contributed by atoms with E-state index < -0.39 is 5.91 Å². The minimum atomic E-state index is -0.413. The number of aromatic nitrogens is 2. The van der Waals surface area contributed by atoms with Crippen LogP contribution >= 0.6 is 11.8 Å². The Balaban J connectivity index is 1.95. The van der Waals surface area contributed by atoms with Crippen molar-refractivity contribution in [1.29, 1.82) is 0 Å². The fourth-order valence-corrected chi connectivity index (χ4v) is 3.70. The van der Waals surface area contributed by atoms with Gasteiger partial charge >= 0.3 is 0 Å². The topological polar surface area (TPSA) is 72.9 Å².